The van der Waals surface area contributed by atoms with Crippen LogP contribution in [0.2, 0.25) is 0 Å². The zero-order valence-electron chi connectivity index (χ0n) is 15.8. The minimum Gasteiger partial charge on any atom is -0.334 e. The van der Waals surface area contributed by atoms with Gasteiger partial charge in [-0.05, 0) is 41.8 Å². The molecule has 5 heteroatoms. The van der Waals surface area contributed by atoms with E-state index in [0.717, 1.165) is 24.1 Å². The zero-order chi connectivity index (χ0) is 19.6. The van der Waals surface area contributed by atoms with E-state index in [-0.39, 0.29) is 5.91 Å². The van der Waals surface area contributed by atoms with Gasteiger partial charge in [-0.25, -0.2) is 0 Å². The highest BCUT2D eigenvalue weighted by Crippen LogP contribution is 2.24. The van der Waals surface area contributed by atoms with Gasteiger partial charge in [0.05, 0.1) is 0 Å². The third kappa shape index (κ3) is 3.43. The van der Waals surface area contributed by atoms with Crippen LogP contribution in [0.25, 0.3) is 22.8 Å². The molecule has 0 N–H and O–H groups in total. The molecule has 1 aromatic heterocycles. The molecule has 5 rings (SSSR count). The molecule has 5 nitrogen and oxygen atoms in total. The number of benzene rings is 3. The smallest absolute Gasteiger partial charge is 0.258 e. The van der Waals surface area contributed by atoms with Gasteiger partial charge in [-0.1, -0.05) is 59.8 Å². The standard InChI is InChI=1S/C24H19N3O2/c28-24(27-15-14-17-6-4-5-9-21(17)16-27)20-12-10-19(11-13-20)23-25-22(26-29-23)18-7-2-1-3-8-18/h1-13H,14-16H2. The molecule has 1 aliphatic rings. The van der Waals surface area contributed by atoms with Crippen molar-refractivity contribution < 1.29 is 9.32 Å². The van der Waals surface area contributed by atoms with E-state index in [0.29, 0.717) is 23.8 Å². The van der Waals surface area contributed by atoms with Crippen LogP contribution in [0, 0.1) is 0 Å². The van der Waals surface area contributed by atoms with Crippen molar-refractivity contribution in [2.45, 2.75) is 13.0 Å². The summed E-state index contributed by atoms with van der Waals surface area (Å²) in [6.45, 7) is 1.39. The van der Waals surface area contributed by atoms with Crippen molar-refractivity contribution in [3.63, 3.8) is 0 Å². The van der Waals surface area contributed by atoms with E-state index in [1.165, 1.54) is 11.1 Å². The number of aromatic nitrogens is 2. The number of hydrogen-bond donors (Lipinski definition) is 0. The fourth-order valence-corrected chi connectivity index (χ4v) is 3.65. The molecule has 142 valence electrons. The van der Waals surface area contributed by atoms with Crippen molar-refractivity contribution in [2.75, 3.05) is 6.54 Å². The first-order valence-corrected chi connectivity index (χ1v) is 9.63. The summed E-state index contributed by atoms with van der Waals surface area (Å²) in [6, 6.07) is 25.4. The van der Waals surface area contributed by atoms with E-state index in [1.807, 2.05) is 65.6 Å². The fourth-order valence-electron chi connectivity index (χ4n) is 3.65. The van der Waals surface area contributed by atoms with Crippen molar-refractivity contribution in [1.29, 1.82) is 0 Å². The van der Waals surface area contributed by atoms with Crippen molar-refractivity contribution in [3.05, 3.63) is 95.6 Å². The summed E-state index contributed by atoms with van der Waals surface area (Å²) in [5.74, 6) is 1.03. The van der Waals surface area contributed by atoms with E-state index >= 15 is 0 Å². The first kappa shape index (κ1) is 17.4. The maximum Gasteiger partial charge on any atom is 0.258 e. The Morgan fingerprint density at radius 1 is 0.828 bits per heavy atom. The molecule has 29 heavy (non-hydrogen) atoms. The molecular formula is C24H19N3O2. The summed E-state index contributed by atoms with van der Waals surface area (Å²) in [7, 11) is 0. The minimum atomic E-state index is 0.0431. The average molecular weight is 381 g/mol. The Bertz CT molecular complexity index is 1150. The predicted molar refractivity (Wildman–Crippen MR) is 110 cm³/mol. The molecule has 3 aromatic carbocycles. The first-order chi connectivity index (χ1) is 14.3. The average Bonchev–Trinajstić information content (AvgIpc) is 3.29. The lowest BCUT2D eigenvalue weighted by Crippen LogP contribution is -2.35. The number of amides is 1. The molecule has 0 saturated carbocycles. The van der Waals surface area contributed by atoms with Crippen LogP contribution in [-0.2, 0) is 13.0 Å². The zero-order valence-corrected chi connectivity index (χ0v) is 15.8. The topological polar surface area (TPSA) is 59.2 Å². The number of hydrogen-bond acceptors (Lipinski definition) is 4. The number of carbonyl (C=O) groups excluding carboxylic acids is 1. The molecule has 0 unspecified atom stereocenters. The van der Waals surface area contributed by atoms with Gasteiger partial charge in [0.15, 0.2) is 0 Å². The van der Waals surface area contributed by atoms with E-state index in [1.54, 1.807) is 0 Å². The number of fused-ring (bicyclic) bond motifs is 1. The molecule has 1 aliphatic heterocycles. The van der Waals surface area contributed by atoms with Crippen molar-refractivity contribution in [1.82, 2.24) is 15.0 Å². The second kappa shape index (κ2) is 7.36. The molecule has 2 heterocycles. The largest absolute Gasteiger partial charge is 0.334 e. The lowest BCUT2D eigenvalue weighted by atomic mass is 9.99. The molecule has 0 bridgehead atoms. The van der Waals surface area contributed by atoms with Crippen LogP contribution in [0.15, 0.2) is 83.4 Å². The van der Waals surface area contributed by atoms with Crippen LogP contribution in [-0.4, -0.2) is 27.5 Å². The van der Waals surface area contributed by atoms with Crippen molar-refractivity contribution >= 4 is 5.91 Å². The van der Waals surface area contributed by atoms with Gasteiger partial charge in [-0.3, -0.25) is 4.79 Å². The molecule has 0 radical (unpaired) electrons. The van der Waals surface area contributed by atoms with Crippen LogP contribution in [0.4, 0.5) is 0 Å². The molecule has 1 amide bonds. The van der Waals surface area contributed by atoms with Crippen LogP contribution in [0.3, 0.4) is 0 Å². The van der Waals surface area contributed by atoms with E-state index < -0.39 is 0 Å². The lowest BCUT2D eigenvalue weighted by molar-refractivity contribution is 0.0734. The highest BCUT2D eigenvalue weighted by Gasteiger charge is 2.21. The summed E-state index contributed by atoms with van der Waals surface area (Å²) in [4.78, 5) is 19.3. The van der Waals surface area contributed by atoms with Crippen molar-refractivity contribution in [2.24, 2.45) is 0 Å². The third-order valence-corrected chi connectivity index (χ3v) is 5.25. The van der Waals surface area contributed by atoms with Crippen molar-refractivity contribution in [3.8, 4) is 22.8 Å². The summed E-state index contributed by atoms with van der Waals surface area (Å²) in [5, 5.41) is 4.05. The summed E-state index contributed by atoms with van der Waals surface area (Å²) < 4.78 is 5.40. The molecule has 0 spiro atoms. The maximum absolute atomic E-state index is 12.9. The fraction of sp³-hybridized carbons (Fsp3) is 0.125. The molecular weight excluding hydrogens is 362 g/mol. The Labute approximate surface area is 168 Å². The second-order valence-electron chi connectivity index (χ2n) is 7.11. The van der Waals surface area contributed by atoms with Gasteiger partial charge in [0, 0.05) is 29.8 Å². The van der Waals surface area contributed by atoms with Crippen LogP contribution in [0.5, 0.6) is 0 Å². The van der Waals surface area contributed by atoms with Crippen LogP contribution >= 0.6 is 0 Å². The normalized spacial score (nSPS) is 13.2. The van der Waals surface area contributed by atoms with Crippen LogP contribution < -0.4 is 0 Å². The van der Waals surface area contributed by atoms with Gasteiger partial charge < -0.3 is 9.42 Å². The predicted octanol–water partition coefficient (Wildman–Crippen LogP) is 4.60. The Morgan fingerprint density at radius 3 is 2.34 bits per heavy atom. The van der Waals surface area contributed by atoms with Gasteiger partial charge in [0.25, 0.3) is 11.8 Å². The van der Waals surface area contributed by atoms with E-state index in [9.17, 15) is 4.79 Å². The molecule has 4 aromatic rings. The van der Waals surface area contributed by atoms with Crippen LogP contribution in [0.1, 0.15) is 21.5 Å². The highest BCUT2D eigenvalue weighted by molar-refractivity contribution is 5.94. The Hall–Kier alpha value is -3.73. The maximum atomic E-state index is 12.9. The van der Waals surface area contributed by atoms with E-state index in [4.69, 9.17) is 4.52 Å². The molecule has 0 saturated heterocycles. The van der Waals surface area contributed by atoms with Gasteiger partial charge in [0.1, 0.15) is 0 Å². The minimum absolute atomic E-state index is 0.0431. The molecule has 0 fully saturated rings. The Morgan fingerprint density at radius 2 is 1.55 bits per heavy atom. The summed E-state index contributed by atoms with van der Waals surface area (Å²) in [5.41, 5.74) is 4.91. The van der Waals surface area contributed by atoms with Gasteiger partial charge in [-0.2, -0.15) is 4.98 Å². The molecule has 0 atom stereocenters. The van der Waals surface area contributed by atoms with Gasteiger partial charge in [0.2, 0.25) is 5.82 Å². The second-order valence-corrected chi connectivity index (χ2v) is 7.11. The van der Waals surface area contributed by atoms with Gasteiger partial charge >= 0.3 is 0 Å². The third-order valence-electron chi connectivity index (χ3n) is 5.25. The Kier molecular flexibility index (Phi) is 4.41. The number of carbonyl (C=O) groups is 1. The first-order valence-electron chi connectivity index (χ1n) is 9.63. The highest BCUT2D eigenvalue weighted by atomic mass is 16.5. The SMILES string of the molecule is O=C(c1ccc(-c2nc(-c3ccccc3)no2)cc1)N1CCc2ccccc2C1. The molecule has 0 aliphatic carbocycles. The Balaban J connectivity index is 1.33. The lowest BCUT2D eigenvalue weighted by Gasteiger charge is -2.29. The summed E-state index contributed by atoms with van der Waals surface area (Å²) >= 11 is 0. The summed E-state index contributed by atoms with van der Waals surface area (Å²) in [6.07, 6.45) is 0.893. The number of rotatable bonds is 3. The van der Waals surface area contributed by atoms with E-state index in [2.05, 4.69) is 28.3 Å². The monoisotopic (exact) mass is 381 g/mol. The quantitative estimate of drug-likeness (QED) is 0.520. The number of nitrogens with zero attached hydrogens (tertiary/aromatic N) is 3. The van der Waals surface area contributed by atoms with Gasteiger partial charge in [-0.15, -0.1) is 0 Å².